The summed E-state index contributed by atoms with van der Waals surface area (Å²) in [7, 11) is 0. The Balaban J connectivity index is 1.95. The number of amides is 2. The van der Waals surface area contributed by atoms with Crippen LogP contribution in [0.4, 0.5) is 24.5 Å². The first-order chi connectivity index (χ1) is 13.8. The van der Waals surface area contributed by atoms with Gasteiger partial charge in [0.05, 0.1) is 11.3 Å². The van der Waals surface area contributed by atoms with Crippen LogP contribution in [0.2, 0.25) is 0 Å². The molecule has 0 radical (unpaired) electrons. The van der Waals surface area contributed by atoms with Crippen molar-refractivity contribution in [2.45, 2.75) is 11.0 Å². The van der Waals surface area contributed by atoms with Crippen LogP contribution in [0.5, 0.6) is 0 Å². The highest BCUT2D eigenvalue weighted by Crippen LogP contribution is 2.54. The van der Waals surface area contributed by atoms with Gasteiger partial charge in [0.15, 0.2) is 0 Å². The van der Waals surface area contributed by atoms with E-state index in [1.54, 1.807) is 30.3 Å². The molecule has 2 amide bonds. The standard InChI is InChI=1S/C21H15F3N2O2S/c1-2-11-25-17-9-4-3-8-16(17)20(19(25)28)26(18(27)10-12-29-20)15-7-5-6-14(13-15)21(22,23)24/h2-10,12-13H,1,11H2. The zero-order valence-corrected chi connectivity index (χ0v) is 15.8. The number of hydrogen-bond acceptors (Lipinski definition) is 3. The summed E-state index contributed by atoms with van der Waals surface area (Å²) in [5.41, 5.74) is 0.265. The average Bonchev–Trinajstić information content (AvgIpc) is 2.91. The monoisotopic (exact) mass is 416 g/mol. The molecule has 0 aromatic heterocycles. The quantitative estimate of drug-likeness (QED) is 0.682. The molecule has 2 aromatic carbocycles. The minimum absolute atomic E-state index is 0.00489. The van der Waals surface area contributed by atoms with Crippen molar-refractivity contribution in [2.24, 2.45) is 0 Å². The van der Waals surface area contributed by atoms with Crippen molar-refractivity contribution in [1.82, 2.24) is 0 Å². The molecular weight excluding hydrogens is 401 g/mol. The van der Waals surface area contributed by atoms with Gasteiger partial charge in [-0.3, -0.25) is 14.5 Å². The van der Waals surface area contributed by atoms with Crippen LogP contribution >= 0.6 is 11.8 Å². The lowest BCUT2D eigenvalue weighted by Crippen LogP contribution is -2.54. The van der Waals surface area contributed by atoms with Gasteiger partial charge in [0.25, 0.3) is 11.8 Å². The third kappa shape index (κ3) is 2.86. The van der Waals surface area contributed by atoms with Crippen LogP contribution in [-0.2, 0) is 20.6 Å². The molecular formula is C21H15F3N2O2S. The summed E-state index contributed by atoms with van der Waals surface area (Å²) in [6.07, 6.45) is -1.76. The molecule has 0 saturated carbocycles. The number of thioether (sulfide) groups is 1. The molecule has 2 aliphatic rings. The molecule has 0 N–H and O–H groups in total. The molecule has 2 aromatic rings. The SMILES string of the molecule is C=CCN1C(=O)C2(SC=CC(=O)N2c2cccc(C(F)(F)F)c2)c2ccccc21. The van der Waals surface area contributed by atoms with Crippen molar-refractivity contribution in [2.75, 3.05) is 16.3 Å². The first-order valence-corrected chi connectivity index (χ1v) is 9.57. The van der Waals surface area contributed by atoms with Gasteiger partial charge in [-0.15, -0.1) is 6.58 Å². The molecule has 4 rings (SSSR count). The van der Waals surface area contributed by atoms with Crippen LogP contribution in [0.3, 0.4) is 0 Å². The zero-order valence-electron chi connectivity index (χ0n) is 15.0. The number of carbonyl (C=O) groups excluding carboxylic acids is 2. The van der Waals surface area contributed by atoms with Gasteiger partial charge in [-0.2, -0.15) is 13.2 Å². The van der Waals surface area contributed by atoms with Crippen LogP contribution < -0.4 is 9.80 Å². The highest BCUT2D eigenvalue weighted by Gasteiger charge is 2.58. The van der Waals surface area contributed by atoms with Gasteiger partial charge in [0.2, 0.25) is 4.87 Å². The van der Waals surface area contributed by atoms with E-state index in [9.17, 15) is 22.8 Å². The number of para-hydroxylation sites is 1. The van der Waals surface area contributed by atoms with E-state index < -0.39 is 28.4 Å². The lowest BCUT2D eigenvalue weighted by Gasteiger charge is -2.40. The second kappa shape index (κ2) is 6.81. The summed E-state index contributed by atoms with van der Waals surface area (Å²) >= 11 is 1.09. The van der Waals surface area contributed by atoms with Crippen LogP contribution in [0.25, 0.3) is 0 Å². The van der Waals surface area contributed by atoms with Crippen LogP contribution in [0.1, 0.15) is 11.1 Å². The Kier molecular flexibility index (Phi) is 4.53. The van der Waals surface area contributed by atoms with Gasteiger partial charge in [-0.25, -0.2) is 0 Å². The Hall–Kier alpha value is -3.00. The molecule has 148 valence electrons. The average molecular weight is 416 g/mol. The minimum atomic E-state index is -4.57. The van der Waals surface area contributed by atoms with Crippen molar-refractivity contribution < 1.29 is 22.8 Å². The normalized spacial score (nSPS) is 21.1. The molecule has 0 bridgehead atoms. The van der Waals surface area contributed by atoms with Gasteiger partial charge < -0.3 is 4.90 Å². The highest BCUT2D eigenvalue weighted by molar-refractivity contribution is 8.04. The fraction of sp³-hybridized carbons (Fsp3) is 0.143. The van der Waals surface area contributed by atoms with Crippen LogP contribution in [0, 0.1) is 0 Å². The Bertz CT molecular complexity index is 1050. The topological polar surface area (TPSA) is 40.6 Å². The predicted molar refractivity (Wildman–Crippen MR) is 106 cm³/mol. The molecule has 0 fully saturated rings. The van der Waals surface area contributed by atoms with Crippen LogP contribution in [0.15, 0.2) is 72.7 Å². The van der Waals surface area contributed by atoms with Crippen LogP contribution in [-0.4, -0.2) is 18.4 Å². The van der Waals surface area contributed by atoms with E-state index in [0.29, 0.717) is 11.3 Å². The van der Waals surface area contributed by atoms with E-state index in [4.69, 9.17) is 0 Å². The third-order valence-corrected chi connectivity index (χ3v) is 6.01. The molecule has 8 heteroatoms. The van der Waals surface area contributed by atoms with E-state index in [2.05, 4.69) is 6.58 Å². The number of halogens is 3. The largest absolute Gasteiger partial charge is 0.416 e. The molecule has 4 nitrogen and oxygen atoms in total. The van der Waals surface area contributed by atoms with E-state index in [1.807, 2.05) is 0 Å². The Morgan fingerprint density at radius 3 is 2.59 bits per heavy atom. The third-order valence-electron chi connectivity index (χ3n) is 4.82. The maximum atomic E-state index is 13.5. The summed E-state index contributed by atoms with van der Waals surface area (Å²) in [5, 5.41) is 1.51. The first-order valence-electron chi connectivity index (χ1n) is 8.69. The lowest BCUT2D eigenvalue weighted by molar-refractivity contribution is -0.137. The fourth-order valence-electron chi connectivity index (χ4n) is 3.65. The fourth-order valence-corrected chi connectivity index (χ4v) is 4.84. The molecule has 2 heterocycles. The van der Waals surface area contributed by atoms with Gasteiger partial charge >= 0.3 is 6.18 Å². The molecule has 0 saturated heterocycles. The number of anilines is 2. The van der Waals surface area contributed by atoms with Crippen molar-refractivity contribution in [1.29, 1.82) is 0 Å². The summed E-state index contributed by atoms with van der Waals surface area (Å²) in [6.45, 7) is 3.89. The molecule has 0 aliphatic carbocycles. The van der Waals surface area contributed by atoms with E-state index >= 15 is 0 Å². The summed E-state index contributed by atoms with van der Waals surface area (Å²) in [4.78, 5) is 27.6. The van der Waals surface area contributed by atoms with E-state index in [1.165, 1.54) is 28.5 Å². The molecule has 1 unspecified atom stereocenters. The molecule has 1 spiro atoms. The molecule has 2 aliphatic heterocycles. The number of hydrogen-bond donors (Lipinski definition) is 0. The second-order valence-corrected chi connectivity index (χ2v) is 7.61. The number of fused-ring (bicyclic) bond motifs is 2. The van der Waals surface area contributed by atoms with Crippen molar-refractivity contribution in [3.05, 3.63) is 83.8 Å². The first kappa shape index (κ1) is 19.3. The summed E-state index contributed by atoms with van der Waals surface area (Å²) in [6, 6.07) is 11.4. The van der Waals surface area contributed by atoms with Crippen molar-refractivity contribution in [3.8, 4) is 0 Å². The maximum Gasteiger partial charge on any atom is 0.416 e. The Morgan fingerprint density at radius 2 is 1.86 bits per heavy atom. The van der Waals surface area contributed by atoms with E-state index in [0.717, 1.165) is 28.8 Å². The number of carbonyl (C=O) groups is 2. The van der Waals surface area contributed by atoms with Crippen molar-refractivity contribution >= 4 is 35.0 Å². The number of alkyl halides is 3. The van der Waals surface area contributed by atoms with Gasteiger partial charge in [0.1, 0.15) is 0 Å². The van der Waals surface area contributed by atoms with Gasteiger partial charge in [0, 0.05) is 23.9 Å². The maximum absolute atomic E-state index is 13.5. The number of nitrogens with zero attached hydrogens (tertiary/aromatic N) is 2. The summed E-state index contributed by atoms with van der Waals surface area (Å²) < 4.78 is 39.8. The predicted octanol–water partition coefficient (Wildman–Crippen LogP) is 4.68. The van der Waals surface area contributed by atoms with Crippen molar-refractivity contribution in [3.63, 3.8) is 0 Å². The zero-order chi connectivity index (χ0) is 20.8. The lowest BCUT2D eigenvalue weighted by atomic mass is 10.0. The number of benzene rings is 2. The second-order valence-electron chi connectivity index (χ2n) is 6.51. The smallest absolute Gasteiger partial charge is 0.305 e. The number of rotatable bonds is 3. The van der Waals surface area contributed by atoms with E-state index in [-0.39, 0.29) is 12.2 Å². The molecule has 1 atom stereocenters. The van der Waals surface area contributed by atoms with Gasteiger partial charge in [-0.05, 0) is 29.7 Å². The highest BCUT2D eigenvalue weighted by atomic mass is 32.2. The van der Waals surface area contributed by atoms with Gasteiger partial charge in [-0.1, -0.05) is 42.1 Å². The Morgan fingerprint density at radius 1 is 1.10 bits per heavy atom. The Labute approximate surface area is 169 Å². The summed E-state index contributed by atoms with van der Waals surface area (Å²) in [5.74, 6) is -0.967. The molecule has 29 heavy (non-hydrogen) atoms. The minimum Gasteiger partial charge on any atom is -0.305 e.